The van der Waals surface area contributed by atoms with Crippen molar-refractivity contribution in [3.05, 3.63) is 70.7 Å². The summed E-state index contributed by atoms with van der Waals surface area (Å²) in [6, 6.07) is 18.1. The van der Waals surface area contributed by atoms with Gasteiger partial charge >= 0.3 is 0 Å². The van der Waals surface area contributed by atoms with Crippen LogP contribution in [0.1, 0.15) is 24.5 Å². The van der Waals surface area contributed by atoms with E-state index in [2.05, 4.69) is 10.3 Å². The number of carbonyl (C=O) groups is 1. The number of nitrogens with zero attached hydrogens (tertiary/aromatic N) is 2. The van der Waals surface area contributed by atoms with Crippen LogP contribution in [0.3, 0.4) is 0 Å². The SMILES string of the molecule is Cc1nc(CC(=O)N(c2ccc(Nc3ccccc3)cc2)C(C)C)cs1. The second-order valence-electron chi connectivity index (χ2n) is 6.43. The van der Waals surface area contributed by atoms with Gasteiger partial charge in [-0.05, 0) is 57.2 Å². The minimum absolute atomic E-state index is 0.0640. The molecule has 1 heterocycles. The zero-order chi connectivity index (χ0) is 18.5. The summed E-state index contributed by atoms with van der Waals surface area (Å²) < 4.78 is 0. The highest BCUT2D eigenvalue weighted by Gasteiger charge is 2.20. The van der Waals surface area contributed by atoms with Crippen LogP contribution in [-0.2, 0) is 11.2 Å². The molecule has 0 aliphatic heterocycles. The van der Waals surface area contributed by atoms with Crippen LogP contribution in [-0.4, -0.2) is 16.9 Å². The Labute approximate surface area is 158 Å². The third kappa shape index (κ3) is 4.49. The predicted molar refractivity (Wildman–Crippen MR) is 109 cm³/mol. The number of anilines is 3. The standard InChI is InChI=1S/C21H23N3OS/c1-15(2)24(21(25)13-19-14-26-16(3)22-19)20-11-9-18(10-12-20)23-17-7-5-4-6-8-17/h4-12,14-15,23H,13H2,1-3H3. The Morgan fingerprint density at radius 2 is 1.73 bits per heavy atom. The van der Waals surface area contributed by atoms with E-state index in [9.17, 15) is 4.79 Å². The van der Waals surface area contributed by atoms with E-state index in [0.717, 1.165) is 27.8 Å². The molecule has 0 aliphatic rings. The molecule has 3 aromatic rings. The van der Waals surface area contributed by atoms with Gasteiger partial charge in [0.2, 0.25) is 5.91 Å². The fourth-order valence-electron chi connectivity index (χ4n) is 2.85. The number of nitrogens with one attached hydrogen (secondary N) is 1. The van der Waals surface area contributed by atoms with E-state index in [4.69, 9.17) is 0 Å². The van der Waals surface area contributed by atoms with Gasteiger partial charge in [0.25, 0.3) is 0 Å². The molecule has 0 saturated heterocycles. The number of para-hydroxylation sites is 1. The number of carbonyl (C=O) groups excluding carboxylic acids is 1. The summed E-state index contributed by atoms with van der Waals surface area (Å²) in [6.07, 6.45) is 0.326. The largest absolute Gasteiger partial charge is 0.356 e. The Morgan fingerprint density at radius 3 is 2.31 bits per heavy atom. The molecule has 0 radical (unpaired) electrons. The molecule has 0 unspecified atom stereocenters. The number of thiazole rings is 1. The van der Waals surface area contributed by atoms with Crippen molar-refractivity contribution in [3.8, 4) is 0 Å². The molecule has 0 fully saturated rings. The van der Waals surface area contributed by atoms with Gasteiger partial charge in [0, 0.05) is 28.5 Å². The summed E-state index contributed by atoms with van der Waals surface area (Å²) >= 11 is 1.58. The maximum absolute atomic E-state index is 12.8. The van der Waals surface area contributed by atoms with Crippen molar-refractivity contribution in [1.29, 1.82) is 0 Å². The summed E-state index contributed by atoms with van der Waals surface area (Å²) in [5.41, 5.74) is 3.77. The lowest BCUT2D eigenvalue weighted by atomic mass is 10.2. The second-order valence-corrected chi connectivity index (χ2v) is 7.49. The minimum atomic E-state index is 0.0640. The van der Waals surface area contributed by atoms with Crippen LogP contribution in [0.5, 0.6) is 0 Å². The summed E-state index contributed by atoms with van der Waals surface area (Å²) in [5, 5.41) is 6.30. The molecule has 0 atom stereocenters. The molecule has 1 amide bonds. The first-order chi connectivity index (χ1) is 12.5. The molecule has 26 heavy (non-hydrogen) atoms. The fourth-order valence-corrected chi connectivity index (χ4v) is 3.47. The van der Waals surface area contributed by atoms with Crippen molar-refractivity contribution in [2.75, 3.05) is 10.2 Å². The van der Waals surface area contributed by atoms with Gasteiger partial charge in [-0.15, -0.1) is 11.3 Å². The Bertz CT molecular complexity index is 856. The van der Waals surface area contributed by atoms with Gasteiger partial charge in [0.1, 0.15) is 0 Å². The van der Waals surface area contributed by atoms with Crippen molar-refractivity contribution in [1.82, 2.24) is 4.98 Å². The lowest BCUT2D eigenvalue weighted by Gasteiger charge is -2.27. The number of amides is 1. The fraction of sp³-hybridized carbons (Fsp3) is 0.238. The summed E-state index contributed by atoms with van der Waals surface area (Å²) in [4.78, 5) is 19.1. The van der Waals surface area contributed by atoms with Crippen LogP contribution < -0.4 is 10.2 Å². The monoisotopic (exact) mass is 365 g/mol. The molecule has 0 aliphatic carbocycles. The Hall–Kier alpha value is -2.66. The van der Waals surface area contributed by atoms with Gasteiger partial charge in [-0.3, -0.25) is 4.79 Å². The third-order valence-electron chi connectivity index (χ3n) is 3.99. The summed E-state index contributed by atoms with van der Waals surface area (Å²) in [7, 11) is 0. The topological polar surface area (TPSA) is 45.2 Å². The van der Waals surface area contributed by atoms with Crippen molar-refractivity contribution in [2.24, 2.45) is 0 Å². The molecule has 134 valence electrons. The Balaban J connectivity index is 1.74. The van der Waals surface area contributed by atoms with Gasteiger partial charge in [-0.1, -0.05) is 18.2 Å². The molecule has 1 aromatic heterocycles. The van der Waals surface area contributed by atoms with E-state index < -0.39 is 0 Å². The van der Waals surface area contributed by atoms with E-state index in [1.54, 1.807) is 11.3 Å². The van der Waals surface area contributed by atoms with E-state index in [-0.39, 0.29) is 11.9 Å². The number of aryl methyl sites for hydroxylation is 1. The maximum Gasteiger partial charge on any atom is 0.233 e. The molecular formula is C21H23N3OS. The molecule has 5 heteroatoms. The summed E-state index contributed by atoms with van der Waals surface area (Å²) in [5.74, 6) is 0.0640. The summed E-state index contributed by atoms with van der Waals surface area (Å²) in [6.45, 7) is 6.01. The predicted octanol–water partition coefficient (Wildman–Crippen LogP) is 5.18. The van der Waals surface area contributed by atoms with Gasteiger partial charge in [0.15, 0.2) is 0 Å². The lowest BCUT2D eigenvalue weighted by Crippen LogP contribution is -2.38. The number of rotatable bonds is 6. The minimum Gasteiger partial charge on any atom is -0.356 e. The smallest absolute Gasteiger partial charge is 0.233 e. The third-order valence-corrected chi connectivity index (χ3v) is 4.81. The van der Waals surface area contributed by atoms with Gasteiger partial charge in [-0.25, -0.2) is 4.98 Å². The van der Waals surface area contributed by atoms with E-state index in [1.807, 2.05) is 85.6 Å². The van der Waals surface area contributed by atoms with Crippen LogP contribution in [0.2, 0.25) is 0 Å². The highest BCUT2D eigenvalue weighted by atomic mass is 32.1. The van der Waals surface area contributed by atoms with E-state index in [0.29, 0.717) is 6.42 Å². The molecule has 3 rings (SSSR count). The van der Waals surface area contributed by atoms with Crippen LogP contribution >= 0.6 is 11.3 Å². The average molecular weight is 366 g/mol. The highest BCUT2D eigenvalue weighted by Crippen LogP contribution is 2.23. The normalized spacial score (nSPS) is 10.8. The van der Waals surface area contributed by atoms with Crippen molar-refractivity contribution in [2.45, 2.75) is 33.2 Å². The zero-order valence-corrected chi connectivity index (χ0v) is 16.1. The highest BCUT2D eigenvalue weighted by molar-refractivity contribution is 7.09. The van der Waals surface area contributed by atoms with Gasteiger partial charge in [-0.2, -0.15) is 0 Å². The van der Waals surface area contributed by atoms with E-state index >= 15 is 0 Å². The van der Waals surface area contributed by atoms with Gasteiger partial charge in [0.05, 0.1) is 17.1 Å². The lowest BCUT2D eigenvalue weighted by molar-refractivity contribution is -0.118. The zero-order valence-electron chi connectivity index (χ0n) is 15.3. The van der Waals surface area contributed by atoms with Crippen LogP contribution in [0.4, 0.5) is 17.1 Å². The van der Waals surface area contributed by atoms with Crippen molar-refractivity contribution in [3.63, 3.8) is 0 Å². The second kappa shape index (κ2) is 8.15. The van der Waals surface area contributed by atoms with Crippen LogP contribution in [0, 0.1) is 6.92 Å². The Kier molecular flexibility index (Phi) is 5.68. The van der Waals surface area contributed by atoms with E-state index in [1.165, 1.54) is 0 Å². The molecule has 0 saturated carbocycles. The average Bonchev–Trinajstić information content (AvgIpc) is 3.02. The first-order valence-electron chi connectivity index (χ1n) is 8.68. The first-order valence-corrected chi connectivity index (χ1v) is 9.56. The molecular weight excluding hydrogens is 342 g/mol. The molecule has 0 bridgehead atoms. The first kappa shape index (κ1) is 18.1. The van der Waals surface area contributed by atoms with Crippen molar-refractivity contribution < 1.29 is 4.79 Å². The number of aromatic nitrogens is 1. The maximum atomic E-state index is 12.8. The quantitative estimate of drug-likeness (QED) is 0.655. The number of hydrogen-bond donors (Lipinski definition) is 1. The molecule has 0 spiro atoms. The molecule has 1 N–H and O–H groups in total. The molecule has 2 aromatic carbocycles. The van der Waals surface area contributed by atoms with Crippen molar-refractivity contribution >= 4 is 34.3 Å². The van der Waals surface area contributed by atoms with Crippen LogP contribution in [0.15, 0.2) is 60.0 Å². The van der Waals surface area contributed by atoms with Crippen LogP contribution in [0.25, 0.3) is 0 Å². The number of hydrogen-bond acceptors (Lipinski definition) is 4. The molecule has 4 nitrogen and oxygen atoms in total. The van der Waals surface area contributed by atoms with Gasteiger partial charge < -0.3 is 10.2 Å². The number of benzene rings is 2. The Morgan fingerprint density at radius 1 is 1.08 bits per heavy atom.